The Bertz CT molecular complexity index is 1230. The number of carbonyl (C=O) groups excluding carboxylic acids is 2. The molecule has 0 spiro atoms. The maximum Gasteiger partial charge on any atom is 0.304 e. The molecule has 1 aliphatic carbocycles. The highest BCUT2D eigenvalue weighted by Gasteiger charge is 2.61. The van der Waals surface area contributed by atoms with E-state index in [9.17, 15) is 24.6 Å². The van der Waals surface area contributed by atoms with E-state index in [1.165, 1.54) is 0 Å². The van der Waals surface area contributed by atoms with Crippen molar-refractivity contribution in [1.29, 1.82) is 0 Å². The summed E-state index contributed by atoms with van der Waals surface area (Å²) in [5, 5.41) is 22.3. The molecule has 224 valence electrons. The number of aliphatic carboxylic acids is 1. The monoisotopic (exact) mass is 564 g/mol. The van der Waals surface area contributed by atoms with Gasteiger partial charge >= 0.3 is 5.97 Å². The van der Waals surface area contributed by atoms with Crippen LogP contribution in [-0.2, 0) is 19.1 Å². The minimum atomic E-state index is -1.11. The average molecular weight is 565 g/mol. The number of carbonyl (C=O) groups is 3. The van der Waals surface area contributed by atoms with Crippen molar-refractivity contribution in [2.75, 3.05) is 0 Å². The number of allylic oxidation sites excluding steroid dienone is 5. The Hall–Kier alpha value is -2.99. The summed E-state index contributed by atoms with van der Waals surface area (Å²) in [6.45, 7) is 16.1. The molecule has 1 aromatic carbocycles. The van der Waals surface area contributed by atoms with E-state index in [1.54, 1.807) is 31.2 Å². The molecule has 6 unspecified atom stereocenters. The number of Topliss-reactive ketones (excluding diaryl/α,β-unsaturated/α-hetero) is 2. The second-order valence-corrected chi connectivity index (χ2v) is 13.0. The molecule has 1 aromatic rings. The molecule has 1 heterocycles. The van der Waals surface area contributed by atoms with Crippen LogP contribution in [0, 0.1) is 23.2 Å². The number of carboxylic acid groups (broad SMARTS) is 1. The fourth-order valence-electron chi connectivity index (χ4n) is 6.29. The van der Waals surface area contributed by atoms with E-state index < -0.39 is 47.1 Å². The fraction of sp³-hybridized carbons (Fsp3) is 0.571. The number of hydrogen-bond donors (Lipinski definition) is 2. The first-order valence-corrected chi connectivity index (χ1v) is 14.9. The van der Waals surface area contributed by atoms with Gasteiger partial charge in [0.1, 0.15) is 11.7 Å². The Labute approximate surface area is 245 Å². The van der Waals surface area contributed by atoms with Crippen molar-refractivity contribution in [2.45, 2.75) is 106 Å². The summed E-state index contributed by atoms with van der Waals surface area (Å²) in [5.41, 5.74) is 2.90. The predicted molar refractivity (Wildman–Crippen MR) is 162 cm³/mol. The number of carboxylic acids is 1. The van der Waals surface area contributed by atoms with E-state index in [0.29, 0.717) is 24.3 Å². The molecule has 1 saturated heterocycles. The summed E-state index contributed by atoms with van der Waals surface area (Å²) in [6, 6.07) is 8.96. The van der Waals surface area contributed by atoms with Gasteiger partial charge in [-0.1, -0.05) is 73.9 Å². The maximum absolute atomic E-state index is 14.4. The van der Waals surface area contributed by atoms with Crippen LogP contribution in [0.1, 0.15) is 99.0 Å². The van der Waals surface area contributed by atoms with Crippen molar-refractivity contribution < 1.29 is 29.3 Å². The van der Waals surface area contributed by atoms with E-state index in [2.05, 4.69) is 27.7 Å². The zero-order valence-corrected chi connectivity index (χ0v) is 26.0. The van der Waals surface area contributed by atoms with Gasteiger partial charge in [-0.2, -0.15) is 0 Å². The number of ketones is 2. The second-order valence-electron chi connectivity index (χ2n) is 13.0. The van der Waals surface area contributed by atoms with Crippen molar-refractivity contribution in [3.8, 4) is 0 Å². The molecule has 0 radical (unpaired) electrons. The Morgan fingerprint density at radius 2 is 1.71 bits per heavy atom. The fourth-order valence-corrected chi connectivity index (χ4v) is 6.29. The van der Waals surface area contributed by atoms with E-state index in [0.717, 1.165) is 29.6 Å². The quantitative estimate of drug-likeness (QED) is 0.210. The first kappa shape index (κ1) is 32.5. The molecule has 6 heteroatoms. The SMILES string of the molecule is CC(C)=CCC1(CC(CCC(C)C)=C(C)C)C(O)=C(C(CC(=O)O)c2ccccc2)C(=O)C2C(=O)C(C)C(C)OC21. The number of rotatable bonds is 11. The topological polar surface area (TPSA) is 101 Å². The van der Waals surface area contributed by atoms with Crippen molar-refractivity contribution in [2.24, 2.45) is 23.2 Å². The van der Waals surface area contributed by atoms with Crippen LogP contribution in [0.15, 0.2) is 64.5 Å². The largest absolute Gasteiger partial charge is 0.511 e. The summed E-state index contributed by atoms with van der Waals surface area (Å²) in [7, 11) is 0. The summed E-state index contributed by atoms with van der Waals surface area (Å²) in [6.07, 6.45) is 2.93. The molecule has 1 aliphatic heterocycles. The lowest BCUT2D eigenvalue weighted by molar-refractivity contribution is -0.179. The highest BCUT2D eigenvalue weighted by Crippen LogP contribution is 2.55. The number of ether oxygens (including phenoxy) is 1. The first-order valence-electron chi connectivity index (χ1n) is 14.9. The number of aliphatic hydroxyl groups is 1. The molecule has 6 nitrogen and oxygen atoms in total. The molecule has 3 rings (SSSR count). The van der Waals surface area contributed by atoms with Crippen molar-refractivity contribution >= 4 is 17.5 Å². The smallest absolute Gasteiger partial charge is 0.304 e. The van der Waals surface area contributed by atoms with Crippen LogP contribution in [0.5, 0.6) is 0 Å². The van der Waals surface area contributed by atoms with Gasteiger partial charge in [-0.3, -0.25) is 14.4 Å². The van der Waals surface area contributed by atoms with Crippen molar-refractivity contribution in [1.82, 2.24) is 0 Å². The maximum atomic E-state index is 14.4. The van der Waals surface area contributed by atoms with Gasteiger partial charge < -0.3 is 14.9 Å². The summed E-state index contributed by atoms with van der Waals surface area (Å²) >= 11 is 0. The molecule has 2 N–H and O–H groups in total. The van der Waals surface area contributed by atoms with Crippen LogP contribution in [0.3, 0.4) is 0 Å². The van der Waals surface area contributed by atoms with Gasteiger partial charge in [0.25, 0.3) is 0 Å². The highest BCUT2D eigenvalue weighted by atomic mass is 16.5. The second kappa shape index (κ2) is 13.3. The molecule has 0 amide bonds. The summed E-state index contributed by atoms with van der Waals surface area (Å²) in [4.78, 5) is 40.4. The third-order valence-corrected chi connectivity index (χ3v) is 9.01. The Morgan fingerprint density at radius 3 is 2.24 bits per heavy atom. The van der Waals surface area contributed by atoms with Crippen molar-refractivity contribution in [3.63, 3.8) is 0 Å². The lowest BCUT2D eigenvalue weighted by Gasteiger charge is -2.52. The number of hydrogen-bond acceptors (Lipinski definition) is 5. The Morgan fingerprint density at radius 1 is 1.07 bits per heavy atom. The van der Waals surface area contributed by atoms with E-state index in [4.69, 9.17) is 4.74 Å². The van der Waals surface area contributed by atoms with Crippen molar-refractivity contribution in [3.05, 3.63) is 70.0 Å². The molecule has 2 aliphatic rings. The van der Waals surface area contributed by atoms with E-state index in [-0.39, 0.29) is 23.5 Å². The van der Waals surface area contributed by atoms with Crippen LogP contribution >= 0.6 is 0 Å². The lowest BCUT2D eigenvalue weighted by atomic mass is 9.57. The number of fused-ring (bicyclic) bond motifs is 1. The van der Waals surface area contributed by atoms with Gasteiger partial charge in [0.15, 0.2) is 11.6 Å². The van der Waals surface area contributed by atoms with E-state index >= 15 is 0 Å². The average Bonchev–Trinajstić information content (AvgIpc) is 2.90. The third-order valence-electron chi connectivity index (χ3n) is 9.01. The summed E-state index contributed by atoms with van der Waals surface area (Å²) < 4.78 is 6.58. The Kier molecular flexibility index (Phi) is 10.6. The molecule has 0 saturated carbocycles. The molecule has 0 bridgehead atoms. The van der Waals surface area contributed by atoms with Gasteiger partial charge in [0.05, 0.1) is 24.0 Å². The van der Waals surface area contributed by atoms with Gasteiger partial charge in [-0.25, -0.2) is 0 Å². The van der Waals surface area contributed by atoms with Crippen LogP contribution < -0.4 is 0 Å². The third kappa shape index (κ3) is 6.91. The van der Waals surface area contributed by atoms with Gasteiger partial charge in [-0.15, -0.1) is 0 Å². The minimum Gasteiger partial charge on any atom is -0.511 e. The molecule has 0 aromatic heterocycles. The first-order chi connectivity index (χ1) is 19.2. The van der Waals surface area contributed by atoms with Crippen LogP contribution in [0.25, 0.3) is 0 Å². The normalized spacial score (nSPS) is 27.0. The highest BCUT2D eigenvalue weighted by molar-refractivity contribution is 6.14. The molecule has 6 atom stereocenters. The van der Waals surface area contributed by atoms with E-state index in [1.807, 2.05) is 32.9 Å². The van der Waals surface area contributed by atoms with Gasteiger partial charge in [0.2, 0.25) is 0 Å². The lowest BCUT2D eigenvalue weighted by Crippen LogP contribution is -2.60. The van der Waals surface area contributed by atoms with Crippen LogP contribution in [-0.4, -0.2) is 40.0 Å². The minimum absolute atomic E-state index is 0.0395. The van der Waals surface area contributed by atoms with Gasteiger partial charge in [0, 0.05) is 17.4 Å². The molecule has 1 fully saturated rings. The zero-order valence-electron chi connectivity index (χ0n) is 26.0. The van der Waals surface area contributed by atoms with Gasteiger partial charge in [-0.05, 0) is 71.8 Å². The summed E-state index contributed by atoms with van der Waals surface area (Å²) in [5.74, 6) is -3.96. The molecular weight excluding hydrogens is 516 g/mol. The van der Waals surface area contributed by atoms with Crippen LogP contribution in [0.4, 0.5) is 0 Å². The Balaban J connectivity index is 2.40. The molecule has 41 heavy (non-hydrogen) atoms. The standard InChI is InChI=1S/C35H48O6/c1-20(2)14-15-26(22(5)6)19-35(17-16-21(3)4)33(40)29(27(18-28(36)37)25-12-10-9-11-13-25)32(39)30-31(38)23(7)24(8)41-34(30)35/h9-13,16,20,23-24,27,30,34,40H,14-15,17-19H2,1-8H3,(H,36,37). The number of benzene rings is 1. The number of aliphatic hydroxyl groups excluding tert-OH is 1. The zero-order chi connectivity index (χ0) is 30.6. The molecular formula is C35H48O6. The predicted octanol–water partition coefficient (Wildman–Crippen LogP) is 7.75. The van der Waals surface area contributed by atoms with Crippen LogP contribution in [0.2, 0.25) is 0 Å².